The molecule has 0 saturated carbocycles. The Bertz CT molecular complexity index is 1540. The number of carbonyl (C=O) groups excluding carboxylic acids is 2. The SMILES string of the molecule is COC1=C(Br)[C@@H](O)[C@]2(C=C1Br)CC(C(=O)NCCCOc1c(Br)cc(C/C(=N/O)C(=O)NCCc3cnc[nH]3)cc1Br)=NO2.O=CO. The van der Waals surface area contributed by atoms with Gasteiger partial charge in [-0.05, 0) is 93.9 Å². The fraction of sp³-hybridized carbons (Fsp3) is 0.357. The minimum atomic E-state index is -1.23. The van der Waals surface area contributed by atoms with Crippen molar-refractivity contribution < 1.29 is 44.1 Å². The molecule has 2 heterocycles. The first-order valence-corrected chi connectivity index (χ1v) is 16.9. The minimum Gasteiger partial charge on any atom is -0.495 e. The number of aromatic nitrogens is 2. The Hall–Kier alpha value is -3.26. The van der Waals surface area contributed by atoms with Gasteiger partial charge in [0.2, 0.25) is 0 Å². The molecule has 47 heavy (non-hydrogen) atoms. The van der Waals surface area contributed by atoms with E-state index in [4.69, 9.17) is 24.2 Å². The van der Waals surface area contributed by atoms with E-state index in [-0.39, 0.29) is 37.3 Å². The number of oxime groups is 2. The van der Waals surface area contributed by atoms with Crippen LogP contribution in [0.5, 0.6) is 5.75 Å². The fourth-order valence-electron chi connectivity index (χ4n) is 4.41. The van der Waals surface area contributed by atoms with Crippen molar-refractivity contribution in [1.82, 2.24) is 20.6 Å². The summed E-state index contributed by atoms with van der Waals surface area (Å²) >= 11 is 13.7. The molecule has 0 radical (unpaired) electrons. The van der Waals surface area contributed by atoms with Gasteiger partial charge in [0.15, 0.2) is 5.60 Å². The van der Waals surface area contributed by atoms with Gasteiger partial charge in [0.05, 0.1) is 38.0 Å². The fourth-order valence-corrected chi connectivity index (χ4v) is 7.71. The summed E-state index contributed by atoms with van der Waals surface area (Å²) in [7, 11) is 1.48. The minimum absolute atomic E-state index is 0.0357. The number of aliphatic hydroxyl groups is 1. The van der Waals surface area contributed by atoms with E-state index in [2.05, 4.69) is 94.6 Å². The number of aromatic amines is 1. The standard InChI is InChI=1S/C27H28Br4N6O7.CH2O2/c1-42-23-18(30)10-27(24(38)21(23)31)11-20(37-44-27)26(40)33-4-2-6-43-22-16(28)7-14(8-17(22)29)9-19(36-41)25(39)34-5-3-15-12-32-13-35-15;2-1-3/h7-8,10,12-13,24,38,41H,2-6,9,11H2,1H3,(H,32,35)(H,33,40)(H,34,39);1H,(H,2,3)/b36-19-;/t24-,27+;/m1./s1. The first kappa shape index (κ1) is 38.2. The molecule has 0 fully saturated rings. The van der Waals surface area contributed by atoms with E-state index in [9.17, 15) is 19.9 Å². The lowest BCUT2D eigenvalue weighted by molar-refractivity contribution is -0.123. The van der Waals surface area contributed by atoms with E-state index in [1.165, 1.54) is 7.11 Å². The zero-order valence-electron chi connectivity index (χ0n) is 24.6. The predicted octanol–water partition coefficient (Wildman–Crippen LogP) is 3.67. The van der Waals surface area contributed by atoms with Crippen molar-refractivity contribution in [3.63, 3.8) is 0 Å². The number of carbonyl (C=O) groups is 3. The number of nitrogens with one attached hydrogen (secondary N) is 3. The normalized spacial score (nSPS) is 18.8. The highest BCUT2D eigenvalue weighted by Crippen LogP contribution is 2.44. The molecule has 1 aromatic carbocycles. The number of methoxy groups -OCH3 is 1. The zero-order valence-corrected chi connectivity index (χ0v) is 31.0. The second kappa shape index (κ2) is 18.3. The van der Waals surface area contributed by atoms with Crippen molar-refractivity contribution in [3.05, 3.63) is 65.7 Å². The Balaban J connectivity index is 0.00000192. The maximum absolute atomic E-state index is 12.7. The van der Waals surface area contributed by atoms with Crippen LogP contribution in [-0.4, -0.2) is 93.6 Å². The number of allylic oxidation sites excluding steroid dienone is 1. The van der Waals surface area contributed by atoms with Crippen LogP contribution in [0.1, 0.15) is 24.1 Å². The lowest BCUT2D eigenvalue weighted by atomic mass is 9.87. The van der Waals surface area contributed by atoms with Crippen molar-refractivity contribution in [3.8, 4) is 5.75 Å². The summed E-state index contributed by atoms with van der Waals surface area (Å²) in [6.07, 6.45) is 4.98. The molecule has 254 valence electrons. The van der Waals surface area contributed by atoms with Crippen LogP contribution in [0.3, 0.4) is 0 Å². The molecular formula is C28H30Br4N6O9. The molecule has 1 spiro atoms. The second-order valence-corrected chi connectivity index (χ2v) is 13.2. The van der Waals surface area contributed by atoms with E-state index in [0.29, 0.717) is 60.9 Å². The zero-order chi connectivity index (χ0) is 34.6. The molecule has 1 aromatic heterocycles. The van der Waals surface area contributed by atoms with E-state index < -0.39 is 23.5 Å². The Kier molecular flexibility index (Phi) is 14.9. The lowest BCUT2D eigenvalue weighted by Gasteiger charge is -2.33. The molecule has 1 aliphatic carbocycles. The van der Waals surface area contributed by atoms with Gasteiger partial charge in [-0.1, -0.05) is 10.3 Å². The van der Waals surface area contributed by atoms with Crippen molar-refractivity contribution in [2.24, 2.45) is 10.3 Å². The highest BCUT2D eigenvalue weighted by atomic mass is 79.9. The molecule has 4 rings (SSSR count). The molecule has 2 aromatic rings. The molecule has 6 N–H and O–H groups in total. The quantitative estimate of drug-likeness (QED) is 0.0564. The van der Waals surface area contributed by atoms with Gasteiger partial charge in [0, 0.05) is 44.2 Å². The average molecular weight is 914 g/mol. The van der Waals surface area contributed by atoms with Crippen LogP contribution in [0, 0.1) is 0 Å². The van der Waals surface area contributed by atoms with Gasteiger partial charge in [-0.2, -0.15) is 0 Å². The van der Waals surface area contributed by atoms with Crippen LogP contribution in [0.2, 0.25) is 0 Å². The van der Waals surface area contributed by atoms with Crippen LogP contribution < -0.4 is 15.4 Å². The van der Waals surface area contributed by atoms with Crippen LogP contribution >= 0.6 is 63.7 Å². The smallest absolute Gasteiger partial charge is 0.290 e. The van der Waals surface area contributed by atoms with Gasteiger partial charge in [0.1, 0.15) is 29.0 Å². The van der Waals surface area contributed by atoms with E-state index in [1.807, 2.05) is 0 Å². The molecule has 2 aliphatic rings. The van der Waals surface area contributed by atoms with Crippen molar-refractivity contribution in [2.75, 3.05) is 26.8 Å². The van der Waals surface area contributed by atoms with Gasteiger partial charge in [-0.15, -0.1) is 0 Å². The summed E-state index contributed by atoms with van der Waals surface area (Å²) in [4.78, 5) is 46.0. The van der Waals surface area contributed by atoms with Gasteiger partial charge < -0.3 is 45.3 Å². The van der Waals surface area contributed by atoms with Crippen LogP contribution in [0.15, 0.2) is 64.7 Å². The molecule has 0 saturated heterocycles. The number of imidazole rings is 1. The number of halogens is 4. The number of amides is 2. The molecule has 1 aliphatic heterocycles. The molecular weight excluding hydrogens is 884 g/mol. The maximum Gasteiger partial charge on any atom is 0.290 e. The molecule has 15 nitrogen and oxygen atoms in total. The van der Waals surface area contributed by atoms with Crippen molar-refractivity contribution >= 4 is 93.4 Å². The third-order valence-electron chi connectivity index (χ3n) is 6.64. The number of ether oxygens (including phenoxy) is 2. The number of carboxylic acid groups (broad SMARTS) is 1. The van der Waals surface area contributed by atoms with E-state index in [0.717, 1.165) is 5.69 Å². The summed E-state index contributed by atoms with van der Waals surface area (Å²) in [5, 5.41) is 39.7. The third-order valence-corrected chi connectivity index (χ3v) is 9.20. The average Bonchev–Trinajstić information content (AvgIpc) is 3.71. The number of rotatable bonds is 13. The number of hydrogen-bond donors (Lipinski definition) is 6. The molecule has 19 heteroatoms. The Morgan fingerprint density at radius 1 is 1.21 bits per heavy atom. The topological polar surface area (TPSA) is 217 Å². The molecule has 2 amide bonds. The molecule has 2 atom stereocenters. The number of aliphatic hydroxyl groups excluding tert-OH is 1. The summed E-state index contributed by atoms with van der Waals surface area (Å²) in [6, 6.07) is 3.54. The highest BCUT2D eigenvalue weighted by Gasteiger charge is 2.50. The van der Waals surface area contributed by atoms with Crippen molar-refractivity contribution in [2.45, 2.75) is 37.4 Å². The molecule has 0 unspecified atom stereocenters. The van der Waals surface area contributed by atoms with Crippen LogP contribution in [0.25, 0.3) is 0 Å². The maximum atomic E-state index is 12.7. The number of nitrogens with zero attached hydrogens (tertiary/aromatic N) is 3. The highest BCUT2D eigenvalue weighted by molar-refractivity contribution is 9.12. The number of hydrogen-bond acceptors (Lipinski definition) is 11. The van der Waals surface area contributed by atoms with E-state index in [1.54, 1.807) is 30.7 Å². The summed E-state index contributed by atoms with van der Waals surface area (Å²) in [5.41, 5.74) is 0.480. The van der Waals surface area contributed by atoms with Gasteiger partial charge in [-0.25, -0.2) is 4.98 Å². The van der Waals surface area contributed by atoms with Crippen LogP contribution in [-0.2, 0) is 36.8 Å². The van der Waals surface area contributed by atoms with Gasteiger partial charge in [-0.3, -0.25) is 14.4 Å². The summed E-state index contributed by atoms with van der Waals surface area (Å²) < 4.78 is 13.4. The van der Waals surface area contributed by atoms with Crippen molar-refractivity contribution in [1.29, 1.82) is 0 Å². The Morgan fingerprint density at radius 3 is 2.53 bits per heavy atom. The monoisotopic (exact) mass is 910 g/mol. The first-order chi connectivity index (χ1) is 22.5. The second-order valence-electron chi connectivity index (χ2n) is 9.80. The van der Waals surface area contributed by atoms with Crippen LogP contribution in [0.4, 0.5) is 0 Å². The summed E-state index contributed by atoms with van der Waals surface area (Å²) in [5.74, 6) is 0.0901. The molecule has 0 bridgehead atoms. The Labute approximate surface area is 302 Å². The lowest BCUT2D eigenvalue weighted by Crippen LogP contribution is -2.45. The number of H-pyrrole nitrogens is 1. The largest absolute Gasteiger partial charge is 0.495 e. The number of benzene rings is 1. The van der Waals surface area contributed by atoms with Gasteiger partial charge >= 0.3 is 0 Å². The summed E-state index contributed by atoms with van der Waals surface area (Å²) in [6.45, 7) is 0.703. The third kappa shape index (κ3) is 10.1. The van der Waals surface area contributed by atoms with Gasteiger partial charge in [0.25, 0.3) is 18.3 Å². The van der Waals surface area contributed by atoms with E-state index >= 15 is 0 Å². The first-order valence-electron chi connectivity index (χ1n) is 13.7. The predicted molar refractivity (Wildman–Crippen MR) is 184 cm³/mol. The Morgan fingerprint density at radius 2 is 1.91 bits per heavy atom.